The van der Waals surface area contributed by atoms with Crippen LogP contribution in [-0.4, -0.2) is 0 Å². The number of furan rings is 1. The molecule has 34 heavy (non-hydrogen) atoms. The molecule has 0 saturated carbocycles. The molecule has 1 nitrogen and oxygen atoms in total. The first-order chi connectivity index (χ1) is 16.7. The lowest BCUT2D eigenvalue weighted by atomic mass is 9.90. The molecule has 0 fully saturated rings. The van der Waals surface area contributed by atoms with Gasteiger partial charge >= 0.3 is 0 Å². The Hall–Kier alpha value is -4.10. The zero-order valence-corrected chi connectivity index (χ0v) is 19.3. The summed E-state index contributed by atoms with van der Waals surface area (Å²) in [7, 11) is 0. The van der Waals surface area contributed by atoms with Gasteiger partial charge in [-0.15, -0.1) is 0 Å². The summed E-state index contributed by atoms with van der Waals surface area (Å²) in [6, 6.07) is 37.5. The number of fused-ring (bicyclic) bond motifs is 9. The first kappa shape index (κ1) is 19.4. The zero-order chi connectivity index (χ0) is 22.8. The van der Waals surface area contributed by atoms with E-state index in [0.29, 0.717) is 5.92 Å². The topological polar surface area (TPSA) is 13.1 Å². The molecule has 0 atom stereocenters. The van der Waals surface area contributed by atoms with Gasteiger partial charge in [-0.2, -0.15) is 0 Å². The van der Waals surface area contributed by atoms with Crippen LogP contribution in [0, 0.1) is 0 Å². The van der Waals surface area contributed by atoms with E-state index in [1.54, 1.807) is 0 Å². The molecule has 162 valence electrons. The highest BCUT2D eigenvalue weighted by molar-refractivity contribution is 6.26. The SMILES string of the molecule is CC(C)c1ccc2c3ccc(-c4ccc5c(c4)oc4ccccc45)cc3c3ccccc3c2c1. The smallest absolute Gasteiger partial charge is 0.136 e. The molecule has 1 aromatic heterocycles. The molecule has 7 aromatic rings. The second kappa shape index (κ2) is 7.20. The quantitative estimate of drug-likeness (QED) is 0.246. The Bertz CT molecular complexity index is 1860. The van der Waals surface area contributed by atoms with E-state index in [1.807, 2.05) is 12.1 Å². The second-order valence-corrected chi connectivity index (χ2v) is 9.57. The largest absolute Gasteiger partial charge is 0.456 e. The van der Waals surface area contributed by atoms with Gasteiger partial charge in [0.1, 0.15) is 11.2 Å². The summed E-state index contributed by atoms with van der Waals surface area (Å²) in [4.78, 5) is 0. The Balaban J connectivity index is 1.49. The Labute approximate surface area is 198 Å². The average molecular weight is 437 g/mol. The second-order valence-electron chi connectivity index (χ2n) is 9.57. The van der Waals surface area contributed by atoms with Gasteiger partial charge in [-0.25, -0.2) is 0 Å². The molecule has 6 aromatic carbocycles. The first-order valence-electron chi connectivity index (χ1n) is 12.0. The van der Waals surface area contributed by atoms with Crippen LogP contribution in [0.25, 0.3) is 65.4 Å². The van der Waals surface area contributed by atoms with Crippen molar-refractivity contribution in [3.63, 3.8) is 0 Å². The van der Waals surface area contributed by atoms with Crippen molar-refractivity contribution >= 4 is 54.3 Å². The van der Waals surface area contributed by atoms with Crippen molar-refractivity contribution in [1.82, 2.24) is 0 Å². The van der Waals surface area contributed by atoms with Crippen LogP contribution in [-0.2, 0) is 0 Å². The van der Waals surface area contributed by atoms with Gasteiger partial charge in [0.15, 0.2) is 0 Å². The minimum atomic E-state index is 0.509. The van der Waals surface area contributed by atoms with Crippen molar-refractivity contribution in [3.05, 3.63) is 109 Å². The van der Waals surface area contributed by atoms with Gasteiger partial charge in [0.25, 0.3) is 0 Å². The summed E-state index contributed by atoms with van der Waals surface area (Å²) >= 11 is 0. The molecule has 0 radical (unpaired) electrons. The lowest BCUT2D eigenvalue weighted by Gasteiger charge is -2.14. The predicted octanol–water partition coefficient (Wildman–Crippen LogP) is 9.84. The molecule has 0 N–H and O–H groups in total. The van der Waals surface area contributed by atoms with E-state index in [1.165, 1.54) is 54.4 Å². The van der Waals surface area contributed by atoms with Gasteiger partial charge in [0, 0.05) is 10.8 Å². The first-order valence-corrected chi connectivity index (χ1v) is 12.0. The van der Waals surface area contributed by atoms with Gasteiger partial charge in [0.2, 0.25) is 0 Å². The number of hydrogen-bond donors (Lipinski definition) is 0. The summed E-state index contributed by atoms with van der Waals surface area (Å²) in [5.41, 5.74) is 5.63. The van der Waals surface area contributed by atoms with Crippen LogP contribution >= 0.6 is 0 Å². The minimum Gasteiger partial charge on any atom is -0.456 e. The van der Waals surface area contributed by atoms with Crippen LogP contribution in [0.2, 0.25) is 0 Å². The highest BCUT2D eigenvalue weighted by atomic mass is 16.3. The van der Waals surface area contributed by atoms with E-state index in [4.69, 9.17) is 4.42 Å². The van der Waals surface area contributed by atoms with E-state index in [0.717, 1.165) is 16.6 Å². The monoisotopic (exact) mass is 436 g/mol. The summed E-state index contributed by atoms with van der Waals surface area (Å²) in [5, 5.41) is 10.2. The van der Waals surface area contributed by atoms with Crippen molar-refractivity contribution in [1.29, 1.82) is 0 Å². The Morgan fingerprint density at radius 1 is 0.441 bits per heavy atom. The third kappa shape index (κ3) is 2.80. The minimum absolute atomic E-state index is 0.509. The maximum atomic E-state index is 6.16. The third-order valence-corrected chi connectivity index (χ3v) is 7.24. The fraction of sp³-hybridized carbons (Fsp3) is 0.0909. The molecule has 7 rings (SSSR count). The molecule has 0 aliphatic heterocycles. The highest BCUT2D eigenvalue weighted by Gasteiger charge is 2.13. The fourth-order valence-electron chi connectivity index (χ4n) is 5.42. The van der Waals surface area contributed by atoms with Crippen LogP contribution < -0.4 is 0 Å². The van der Waals surface area contributed by atoms with Gasteiger partial charge < -0.3 is 4.42 Å². The van der Waals surface area contributed by atoms with E-state index in [9.17, 15) is 0 Å². The molecule has 0 bridgehead atoms. The summed E-state index contributed by atoms with van der Waals surface area (Å²) in [6.45, 7) is 4.52. The van der Waals surface area contributed by atoms with Crippen molar-refractivity contribution in [2.75, 3.05) is 0 Å². The van der Waals surface area contributed by atoms with Gasteiger partial charge in [-0.05, 0) is 79.2 Å². The van der Waals surface area contributed by atoms with Crippen LogP contribution in [0.5, 0.6) is 0 Å². The molecule has 0 saturated heterocycles. The van der Waals surface area contributed by atoms with E-state index >= 15 is 0 Å². The zero-order valence-electron chi connectivity index (χ0n) is 19.3. The van der Waals surface area contributed by atoms with Gasteiger partial charge in [-0.1, -0.05) is 92.7 Å². The van der Waals surface area contributed by atoms with Crippen LogP contribution in [0.4, 0.5) is 0 Å². The molecule has 0 aliphatic carbocycles. The number of hydrogen-bond acceptors (Lipinski definition) is 1. The maximum Gasteiger partial charge on any atom is 0.136 e. The number of benzene rings is 6. The summed E-state index contributed by atoms with van der Waals surface area (Å²) in [5.74, 6) is 0.509. The molecule has 0 amide bonds. The van der Waals surface area contributed by atoms with E-state index in [-0.39, 0.29) is 0 Å². The fourth-order valence-corrected chi connectivity index (χ4v) is 5.42. The molecule has 1 heterocycles. The average Bonchev–Trinajstić information content (AvgIpc) is 3.26. The Morgan fingerprint density at radius 2 is 0.971 bits per heavy atom. The van der Waals surface area contributed by atoms with Crippen molar-refractivity contribution < 1.29 is 4.42 Å². The highest BCUT2D eigenvalue weighted by Crippen LogP contribution is 2.39. The van der Waals surface area contributed by atoms with Crippen molar-refractivity contribution in [2.45, 2.75) is 19.8 Å². The van der Waals surface area contributed by atoms with Gasteiger partial charge in [0.05, 0.1) is 0 Å². The third-order valence-electron chi connectivity index (χ3n) is 7.24. The molecular formula is C33H24O. The van der Waals surface area contributed by atoms with Crippen LogP contribution in [0.1, 0.15) is 25.3 Å². The molecule has 1 heteroatoms. The van der Waals surface area contributed by atoms with Crippen molar-refractivity contribution in [3.8, 4) is 11.1 Å². The molecule has 0 unspecified atom stereocenters. The summed E-state index contributed by atoms with van der Waals surface area (Å²) in [6.07, 6.45) is 0. The lowest BCUT2D eigenvalue weighted by Crippen LogP contribution is -1.89. The predicted molar refractivity (Wildman–Crippen MR) is 146 cm³/mol. The van der Waals surface area contributed by atoms with Crippen molar-refractivity contribution in [2.24, 2.45) is 0 Å². The number of para-hydroxylation sites is 1. The standard InChI is InChI=1S/C33H24O/c1-20(2)21-11-14-26-27-15-12-22(18-31(27)25-8-4-3-7-24(25)30(26)17-21)23-13-16-29-28-9-5-6-10-32(28)34-33(29)19-23/h3-20H,1-2H3. The molecular weight excluding hydrogens is 412 g/mol. The lowest BCUT2D eigenvalue weighted by molar-refractivity contribution is 0.669. The molecule has 0 spiro atoms. The Morgan fingerprint density at radius 3 is 1.71 bits per heavy atom. The van der Waals surface area contributed by atoms with Crippen LogP contribution in [0.3, 0.4) is 0 Å². The number of rotatable bonds is 2. The summed E-state index contributed by atoms with van der Waals surface area (Å²) < 4.78 is 6.16. The van der Waals surface area contributed by atoms with Crippen LogP contribution in [0.15, 0.2) is 108 Å². The van der Waals surface area contributed by atoms with E-state index in [2.05, 4.69) is 105 Å². The Kier molecular flexibility index (Phi) is 4.10. The maximum absolute atomic E-state index is 6.16. The van der Waals surface area contributed by atoms with Gasteiger partial charge in [-0.3, -0.25) is 0 Å². The normalized spacial score (nSPS) is 12.1. The van der Waals surface area contributed by atoms with E-state index < -0.39 is 0 Å². The molecule has 0 aliphatic rings.